The van der Waals surface area contributed by atoms with Crippen LogP contribution < -0.4 is 5.32 Å². The summed E-state index contributed by atoms with van der Waals surface area (Å²) in [5.74, 6) is 1.39. The van der Waals surface area contributed by atoms with Gasteiger partial charge in [-0.15, -0.1) is 21.5 Å². The van der Waals surface area contributed by atoms with E-state index in [-0.39, 0.29) is 11.7 Å². The number of hydrogen-bond acceptors (Lipinski definition) is 6. The van der Waals surface area contributed by atoms with Crippen molar-refractivity contribution in [2.75, 3.05) is 11.1 Å². The van der Waals surface area contributed by atoms with Crippen LogP contribution in [0.25, 0.3) is 11.4 Å². The molecule has 0 saturated carbocycles. The van der Waals surface area contributed by atoms with Gasteiger partial charge in [-0.05, 0) is 42.9 Å². The van der Waals surface area contributed by atoms with Gasteiger partial charge in [0.25, 0.3) is 0 Å². The summed E-state index contributed by atoms with van der Waals surface area (Å²) >= 11 is 8.94. The Bertz CT molecular complexity index is 1160. The number of nitrogens with zero attached hydrogens (tertiary/aromatic N) is 4. The number of aromatic nitrogens is 3. The minimum absolute atomic E-state index is 0.153. The average Bonchev–Trinajstić information content (AvgIpc) is 3.30. The van der Waals surface area contributed by atoms with Gasteiger partial charge in [0.1, 0.15) is 11.1 Å². The van der Waals surface area contributed by atoms with Crippen LogP contribution in [0.15, 0.2) is 29.4 Å². The van der Waals surface area contributed by atoms with Crippen molar-refractivity contribution in [3.63, 3.8) is 0 Å². The molecule has 0 saturated heterocycles. The van der Waals surface area contributed by atoms with Crippen LogP contribution in [0, 0.1) is 17.2 Å². The van der Waals surface area contributed by atoms with E-state index in [1.54, 1.807) is 11.3 Å². The van der Waals surface area contributed by atoms with E-state index in [9.17, 15) is 10.1 Å². The molecular weight excluding hydrogens is 450 g/mol. The molecule has 1 aliphatic carbocycles. The number of nitrogens with one attached hydrogen (secondary N) is 1. The lowest BCUT2D eigenvalue weighted by Gasteiger charge is -2.20. The van der Waals surface area contributed by atoms with Crippen molar-refractivity contribution >= 4 is 45.6 Å². The second-order valence-electron chi connectivity index (χ2n) is 7.55. The number of hydrogen-bond donors (Lipinski definition) is 1. The van der Waals surface area contributed by atoms with Gasteiger partial charge in [-0.3, -0.25) is 4.79 Å². The minimum Gasteiger partial charge on any atom is -0.316 e. The van der Waals surface area contributed by atoms with Crippen molar-refractivity contribution in [3.8, 4) is 17.5 Å². The number of rotatable bonds is 6. The first-order valence-electron chi connectivity index (χ1n) is 10.1. The molecule has 2 aromatic heterocycles. The Hall–Kier alpha value is -2.34. The topological polar surface area (TPSA) is 83.6 Å². The number of fused-ring (bicyclic) bond motifs is 1. The van der Waals surface area contributed by atoms with Crippen molar-refractivity contribution in [1.82, 2.24) is 14.8 Å². The predicted molar refractivity (Wildman–Crippen MR) is 126 cm³/mol. The smallest absolute Gasteiger partial charge is 0.235 e. The third-order valence-corrected chi connectivity index (χ3v) is 7.98. The second-order valence-corrected chi connectivity index (χ2v) is 10.0. The van der Waals surface area contributed by atoms with E-state index >= 15 is 0 Å². The fourth-order valence-corrected chi connectivity index (χ4v) is 6.05. The molecule has 9 heteroatoms. The zero-order valence-corrected chi connectivity index (χ0v) is 19.7. The number of amides is 1. The number of halogens is 1. The summed E-state index contributed by atoms with van der Waals surface area (Å²) in [6.45, 7) is 2.21. The van der Waals surface area contributed by atoms with Crippen LogP contribution in [0.1, 0.15) is 35.8 Å². The van der Waals surface area contributed by atoms with Crippen LogP contribution in [0.3, 0.4) is 0 Å². The summed E-state index contributed by atoms with van der Waals surface area (Å²) in [4.78, 5) is 13.9. The molecule has 4 rings (SSSR count). The molecule has 31 heavy (non-hydrogen) atoms. The van der Waals surface area contributed by atoms with Crippen molar-refractivity contribution in [2.24, 2.45) is 13.0 Å². The molecule has 6 nitrogen and oxygen atoms in total. The van der Waals surface area contributed by atoms with E-state index in [0.29, 0.717) is 32.5 Å². The average molecular weight is 472 g/mol. The molecule has 0 spiro atoms. The van der Waals surface area contributed by atoms with Crippen LogP contribution in [-0.2, 0) is 24.7 Å². The zero-order chi connectivity index (χ0) is 22.0. The number of nitriles is 1. The van der Waals surface area contributed by atoms with Crippen molar-refractivity contribution in [3.05, 3.63) is 45.3 Å². The molecule has 1 amide bonds. The van der Waals surface area contributed by atoms with Crippen molar-refractivity contribution in [2.45, 2.75) is 37.8 Å². The lowest BCUT2D eigenvalue weighted by Crippen LogP contribution is -2.14. The minimum atomic E-state index is -0.153. The van der Waals surface area contributed by atoms with Gasteiger partial charge >= 0.3 is 0 Å². The van der Waals surface area contributed by atoms with Gasteiger partial charge in [-0.1, -0.05) is 48.8 Å². The quantitative estimate of drug-likeness (QED) is 0.492. The van der Waals surface area contributed by atoms with Gasteiger partial charge in [0.15, 0.2) is 11.0 Å². The van der Waals surface area contributed by atoms with Crippen LogP contribution in [0.5, 0.6) is 0 Å². The summed E-state index contributed by atoms with van der Waals surface area (Å²) < 4.78 is 1.85. The zero-order valence-electron chi connectivity index (χ0n) is 17.3. The number of benzene rings is 1. The fourth-order valence-electron chi connectivity index (χ4n) is 3.82. The molecule has 1 unspecified atom stereocenters. The highest BCUT2D eigenvalue weighted by Gasteiger charge is 2.26. The van der Waals surface area contributed by atoms with Gasteiger partial charge in [0.05, 0.1) is 11.3 Å². The van der Waals surface area contributed by atoms with E-state index in [1.807, 2.05) is 35.9 Å². The summed E-state index contributed by atoms with van der Waals surface area (Å²) in [5.41, 5.74) is 2.63. The number of carbonyl (C=O) groups excluding carboxylic acids is 1. The molecule has 1 N–H and O–H groups in total. The van der Waals surface area contributed by atoms with Crippen LogP contribution in [-0.4, -0.2) is 26.4 Å². The Morgan fingerprint density at radius 1 is 1.45 bits per heavy atom. The standard InChI is InChI=1S/C22H22ClN5OS2/c1-3-13-7-8-16-17(11-24)21(31-18(16)9-13)25-19(29)12-30-22-27-26-20(28(22)2)14-5-4-6-15(23)10-14/h4-6,10,13H,3,7-9,12H2,1-2H3,(H,25,29). The Morgan fingerprint density at radius 2 is 2.29 bits per heavy atom. The van der Waals surface area contributed by atoms with E-state index in [0.717, 1.165) is 36.8 Å². The van der Waals surface area contributed by atoms with Gasteiger partial charge < -0.3 is 9.88 Å². The SMILES string of the molecule is CCC1CCc2c(sc(NC(=O)CSc3nnc(-c4cccc(Cl)c4)n3C)c2C#N)C1. The molecule has 0 fully saturated rings. The summed E-state index contributed by atoms with van der Waals surface area (Å²) in [6, 6.07) is 9.72. The molecule has 0 bridgehead atoms. The number of carbonyl (C=O) groups is 1. The summed E-state index contributed by atoms with van der Waals surface area (Å²) in [7, 11) is 1.86. The van der Waals surface area contributed by atoms with Crippen molar-refractivity contribution in [1.29, 1.82) is 5.26 Å². The van der Waals surface area contributed by atoms with Crippen LogP contribution in [0.4, 0.5) is 5.00 Å². The highest BCUT2D eigenvalue weighted by molar-refractivity contribution is 7.99. The molecule has 0 radical (unpaired) electrons. The highest BCUT2D eigenvalue weighted by Crippen LogP contribution is 2.40. The molecule has 160 valence electrons. The van der Waals surface area contributed by atoms with Crippen molar-refractivity contribution < 1.29 is 4.79 Å². The van der Waals surface area contributed by atoms with Gasteiger partial charge in [0, 0.05) is 22.5 Å². The second kappa shape index (κ2) is 9.43. The Labute approximate surface area is 194 Å². The van der Waals surface area contributed by atoms with E-state index < -0.39 is 0 Å². The first-order valence-corrected chi connectivity index (χ1v) is 12.3. The fraction of sp³-hybridized carbons (Fsp3) is 0.364. The first-order chi connectivity index (χ1) is 15.0. The lowest BCUT2D eigenvalue weighted by atomic mass is 9.86. The predicted octanol–water partition coefficient (Wildman–Crippen LogP) is 5.31. The maximum Gasteiger partial charge on any atom is 0.235 e. The maximum absolute atomic E-state index is 12.6. The van der Waals surface area contributed by atoms with E-state index in [1.165, 1.54) is 16.6 Å². The highest BCUT2D eigenvalue weighted by atomic mass is 35.5. The Balaban J connectivity index is 1.43. The lowest BCUT2D eigenvalue weighted by molar-refractivity contribution is -0.113. The molecule has 0 aliphatic heterocycles. The summed E-state index contributed by atoms with van der Waals surface area (Å²) in [6.07, 6.45) is 4.18. The normalized spacial score (nSPS) is 15.4. The van der Waals surface area contributed by atoms with E-state index in [4.69, 9.17) is 11.6 Å². The Morgan fingerprint density at radius 3 is 3.03 bits per heavy atom. The number of thiophene rings is 1. The molecule has 1 aliphatic rings. The monoisotopic (exact) mass is 471 g/mol. The largest absolute Gasteiger partial charge is 0.316 e. The molecule has 1 atom stereocenters. The van der Waals surface area contributed by atoms with Gasteiger partial charge in [0.2, 0.25) is 5.91 Å². The summed E-state index contributed by atoms with van der Waals surface area (Å²) in [5, 5.41) is 23.0. The number of thioether (sulfide) groups is 1. The van der Waals surface area contributed by atoms with Crippen LogP contribution in [0.2, 0.25) is 5.02 Å². The number of anilines is 1. The first kappa shape index (κ1) is 21.9. The third kappa shape index (κ3) is 4.64. The van der Waals surface area contributed by atoms with Gasteiger partial charge in [-0.2, -0.15) is 5.26 Å². The van der Waals surface area contributed by atoms with Gasteiger partial charge in [-0.25, -0.2) is 0 Å². The Kier molecular flexibility index (Phi) is 6.65. The molecule has 2 heterocycles. The molecule has 3 aromatic rings. The maximum atomic E-state index is 12.6. The molecular formula is C22H22ClN5OS2. The van der Waals surface area contributed by atoms with Crippen LogP contribution >= 0.6 is 34.7 Å². The van der Waals surface area contributed by atoms with E-state index in [2.05, 4.69) is 28.5 Å². The third-order valence-electron chi connectivity index (χ3n) is 5.56. The molecule has 1 aromatic carbocycles.